The highest BCUT2D eigenvalue weighted by Crippen LogP contribution is 2.28. The molecule has 5 atom stereocenters. The summed E-state index contributed by atoms with van der Waals surface area (Å²) in [6.07, 6.45) is -0.775. The number of rotatable bonds is 19. The van der Waals surface area contributed by atoms with Crippen molar-refractivity contribution in [1.82, 2.24) is 4.90 Å². The molecular formula is C41H49NO7. The van der Waals surface area contributed by atoms with Gasteiger partial charge in [0.2, 0.25) is 0 Å². The first kappa shape index (κ1) is 36.4. The fraction of sp³-hybridized carbons (Fsp3) is 0.390. The summed E-state index contributed by atoms with van der Waals surface area (Å²) in [4.78, 5) is 14.9. The summed E-state index contributed by atoms with van der Waals surface area (Å²) in [6.45, 7) is 4.97. The molecule has 1 heterocycles. The highest BCUT2D eigenvalue weighted by atomic mass is 16.7. The van der Waals surface area contributed by atoms with Gasteiger partial charge in [0.1, 0.15) is 24.9 Å². The molecule has 0 saturated carbocycles. The van der Waals surface area contributed by atoms with E-state index in [1.807, 2.05) is 116 Å². The van der Waals surface area contributed by atoms with Gasteiger partial charge < -0.3 is 28.8 Å². The van der Waals surface area contributed by atoms with Gasteiger partial charge >= 0.3 is 5.97 Å². The Bertz CT molecular complexity index is 1480. The van der Waals surface area contributed by atoms with Crippen LogP contribution in [0.1, 0.15) is 48.4 Å². The first-order chi connectivity index (χ1) is 24.0. The molecule has 1 aliphatic heterocycles. The highest BCUT2D eigenvalue weighted by molar-refractivity contribution is 5.71. The Hall–Kier alpha value is -3.89. The van der Waals surface area contributed by atoms with Crippen LogP contribution >= 0.6 is 0 Å². The lowest BCUT2D eigenvalue weighted by Gasteiger charge is -2.43. The maximum absolute atomic E-state index is 12.7. The van der Waals surface area contributed by atoms with Crippen LogP contribution in [0.25, 0.3) is 0 Å². The Balaban J connectivity index is 1.09. The van der Waals surface area contributed by atoms with Gasteiger partial charge in [-0.25, -0.2) is 0 Å². The van der Waals surface area contributed by atoms with Crippen molar-refractivity contribution in [2.24, 2.45) is 0 Å². The van der Waals surface area contributed by atoms with Crippen LogP contribution in [-0.4, -0.2) is 66.4 Å². The van der Waals surface area contributed by atoms with Crippen LogP contribution in [0.15, 0.2) is 121 Å². The minimum atomic E-state index is -1.02. The summed E-state index contributed by atoms with van der Waals surface area (Å²) in [5.74, 6) is -0.240. The average molecular weight is 668 g/mol. The highest BCUT2D eigenvalue weighted by Gasteiger charge is 2.45. The third-order valence-electron chi connectivity index (χ3n) is 8.57. The average Bonchev–Trinajstić information content (AvgIpc) is 3.14. The van der Waals surface area contributed by atoms with Gasteiger partial charge in [0.25, 0.3) is 0 Å². The van der Waals surface area contributed by atoms with Gasteiger partial charge in [-0.2, -0.15) is 0 Å². The van der Waals surface area contributed by atoms with Crippen molar-refractivity contribution in [3.05, 3.63) is 144 Å². The van der Waals surface area contributed by atoms with Crippen LogP contribution < -0.4 is 0 Å². The van der Waals surface area contributed by atoms with Gasteiger partial charge in [-0.1, -0.05) is 121 Å². The summed E-state index contributed by atoms with van der Waals surface area (Å²) in [5.41, 5.74) is 4.17. The molecule has 8 nitrogen and oxygen atoms in total. The molecule has 0 amide bonds. The monoisotopic (exact) mass is 667 g/mol. The second kappa shape index (κ2) is 19.9. The molecule has 1 fully saturated rings. The number of carbonyl (C=O) groups is 1. The number of ether oxygens (including phenoxy) is 5. The minimum Gasteiger partial charge on any atom is -0.460 e. The standard InChI is InChI=1S/C41H49NO7/c1-32-39(47-30-35-21-11-4-12-22-35)40(48-31-36-23-13-5-14-24-36)38(44)41(49-32)45-26-16-6-15-25-42(27-33-17-7-2-8-18-33)28-37(43)46-29-34-19-9-3-10-20-34/h2-5,7-14,17-24,32,38-41,44H,6,15-16,25-31H2,1H3/t32?,38?,39-,40?,41+/m0/s1. The molecule has 0 spiro atoms. The number of hydrogen-bond acceptors (Lipinski definition) is 8. The third kappa shape index (κ3) is 12.2. The van der Waals surface area contributed by atoms with Crippen LogP contribution in [-0.2, 0) is 54.8 Å². The predicted octanol–water partition coefficient (Wildman–Crippen LogP) is 6.70. The van der Waals surface area contributed by atoms with E-state index in [-0.39, 0.29) is 25.2 Å². The maximum atomic E-state index is 12.7. The van der Waals surface area contributed by atoms with E-state index in [0.717, 1.165) is 48.1 Å². The second-order valence-electron chi connectivity index (χ2n) is 12.5. The number of aliphatic hydroxyl groups excluding tert-OH is 1. The minimum absolute atomic E-state index is 0.218. The van der Waals surface area contributed by atoms with E-state index in [4.69, 9.17) is 23.7 Å². The summed E-state index contributed by atoms with van der Waals surface area (Å²) in [6, 6.07) is 39.7. The van der Waals surface area contributed by atoms with Crippen molar-refractivity contribution < 1.29 is 33.6 Å². The molecule has 1 saturated heterocycles. The fourth-order valence-electron chi connectivity index (χ4n) is 5.92. The van der Waals surface area contributed by atoms with E-state index in [0.29, 0.717) is 26.4 Å². The Morgan fingerprint density at radius 3 is 1.73 bits per heavy atom. The molecule has 4 aromatic carbocycles. The summed E-state index contributed by atoms with van der Waals surface area (Å²) >= 11 is 0. The second-order valence-corrected chi connectivity index (χ2v) is 12.5. The van der Waals surface area contributed by atoms with Crippen molar-refractivity contribution in [1.29, 1.82) is 0 Å². The molecule has 3 unspecified atom stereocenters. The van der Waals surface area contributed by atoms with Crippen LogP contribution in [0, 0.1) is 0 Å². The summed E-state index contributed by atoms with van der Waals surface area (Å²) in [7, 11) is 0. The molecule has 5 rings (SSSR count). The van der Waals surface area contributed by atoms with Gasteiger partial charge in [0.05, 0.1) is 25.9 Å². The maximum Gasteiger partial charge on any atom is 0.320 e. The SMILES string of the molecule is CC1O[C@@H](OCCCCCN(CC(=O)OCc2ccccc2)Cc2ccccc2)C(O)C(OCc2ccccc2)[C@H]1OCc1ccccc1. The van der Waals surface area contributed by atoms with Gasteiger partial charge in [-0.3, -0.25) is 9.69 Å². The number of nitrogens with zero attached hydrogens (tertiary/aromatic N) is 1. The van der Waals surface area contributed by atoms with Crippen molar-refractivity contribution in [2.45, 2.75) is 83.3 Å². The normalized spacial score (nSPS) is 20.7. The molecule has 8 heteroatoms. The van der Waals surface area contributed by atoms with Crippen LogP contribution in [0.5, 0.6) is 0 Å². The zero-order chi connectivity index (χ0) is 34.1. The van der Waals surface area contributed by atoms with Gasteiger partial charge in [-0.05, 0) is 55.0 Å². The zero-order valence-electron chi connectivity index (χ0n) is 28.3. The van der Waals surface area contributed by atoms with E-state index in [1.165, 1.54) is 0 Å². The Morgan fingerprint density at radius 1 is 0.653 bits per heavy atom. The van der Waals surface area contributed by atoms with E-state index in [9.17, 15) is 9.90 Å². The van der Waals surface area contributed by atoms with Crippen molar-refractivity contribution in [2.75, 3.05) is 19.7 Å². The number of benzene rings is 4. The first-order valence-electron chi connectivity index (χ1n) is 17.3. The van der Waals surface area contributed by atoms with Gasteiger partial charge in [0.15, 0.2) is 6.29 Å². The topological polar surface area (TPSA) is 86.7 Å². The number of unbranched alkanes of at least 4 members (excludes halogenated alkanes) is 2. The Labute approximate surface area is 290 Å². The predicted molar refractivity (Wildman–Crippen MR) is 188 cm³/mol. The Kier molecular flexibility index (Phi) is 14.8. The smallest absolute Gasteiger partial charge is 0.320 e. The zero-order valence-corrected chi connectivity index (χ0v) is 28.3. The van der Waals surface area contributed by atoms with Crippen LogP contribution in [0.3, 0.4) is 0 Å². The molecule has 0 radical (unpaired) electrons. The lowest BCUT2D eigenvalue weighted by molar-refractivity contribution is -0.309. The van der Waals surface area contributed by atoms with E-state index >= 15 is 0 Å². The molecule has 1 aliphatic rings. The number of carbonyl (C=O) groups excluding carboxylic acids is 1. The molecule has 1 N–H and O–H groups in total. The van der Waals surface area contributed by atoms with E-state index in [1.54, 1.807) is 0 Å². The van der Waals surface area contributed by atoms with Crippen LogP contribution in [0.2, 0.25) is 0 Å². The molecule has 260 valence electrons. The lowest BCUT2D eigenvalue weighted by Crippen LogP contribution is -2.59. The molecule has 4 aromatic rings. The number of esters is 1. The molecule has 0 bridgehead atoms. The molecule has 0 aromatic heterocycles. The first-order valence-corrected chi connectivity index (χ1v) is 17.3. The molecule has 0 aliphatic carbocycles. The van der Waals surface area contributed by atoms with Crippen molar-refractivity contribution >= 4 is 5.97 Å². The Morgan fingerprint density at radius 2 is 1.16 bits per heavy atom. The van der Waals surface area contributed by atoms with Crippen molar-refractivity contribution in [3.8, 4) is 0 Å². The third-order valence-corrected chi connectivity index (χ3v) is 8.57. The fourth-order valence-corrected chi connectivity index (χ4v) is 5.92. The van der Waals surface area contributed by atoms with E-state index in [2.05, 4.69) is 17.0 Å². The van der Waals surface area contributed by atoms with Gasteiger partial charge in [0, 0.05) is 13.2 Å². The number of aliphatic hydroxyl groups is 1. The van der Waals surface area contributed by atoms with Crippen molar-refractivity contribution in [3.63, 3.8) is 0 Å². The van der Waals surface area contributed by atoms with Gasteiger partial charge in [-0.15, -0.1) is 0 Å². The molecule has 49 heavy (non-hydrogen) atoms. The number of hydrogen-bond donors (Lipinski definition) is 1. The summed E-state index contributed by atoms with van der Waals surface area (Å²) in [5, 5.41) is 11.4. The van der Waals surface area contributed by atoms with Crippen LogP contribution in [0.4, 0.5) is 0 Å². The van der Waals surface area contributed by atoms with E-state index < -0.39 is 24.6 Å². The molecular weight excluding hydrogens is 618 g/mol. The lowest BCUT2D eigenvalue weighted by atomic mass is 9.99. The summed E-state index contributed by atoms with van der Waals surface area (Å²) < 4.78 is 30.4. The largest absolute Gasteiger partial charge is 0.460 e. The quantitative estimate of drug-likeness (QED) is 0.0875.